The van der Waals surface area contributed by atoms with Crippen molar-refractivity contribution in [2.45, 2.75) is 32.6 Å². The number of rotatable bonds is 4. The largest absolute Gasteiger partial charge is 0.326 e. The van der Waals surface area contributed by atoms with Crippen LogP contribution in [-0.2, 0) is 0 Å². The number of hydrogen-bond acceptors (Lipinski definition) is 3. The fourth-order valence-electron chi connectivity index (χ4n) is 3.16. The lowest BCUT2D eigenvalue weighted by molar-refractivity contribution is 0.0924. The number of hydrogen-bond donors (Lipinski definition) is 2. The zero-order chi connectivity index (χ0) is 17.1. The van der Waals surface area contributed by atoms with Crippen molar-refractivity contribution in [1.29, 1.82) is 0 Å². The van der Waals surface area contributed by atoms with Crippen LogP contribution in [0, 0.1) is 12.8 Å². The summed E-state index contributed by atoms with van der Waals surface area (Å²) in [6.45, 7) is 1.75. The van der Waals surface area contributed by atoms with Crippen molar-refractivity contribution >= 4 is 17.4 Å². The van der Waals surface area contributed by atoms with Crippen LogP contribution in [0.3, 0.4) is 0 Å². The number of amides is 1. The minimum atomic E-state index is -0.511. The van der Waals surface area contributed by atoms with E-state index < -0.39 is 11.5 Å². The molecule has 0 aliphatic heterocycles. The van der Waals surface area contributed by atoms with Crippen LogP contribution in [0.2, 0.25) is 0 Å². The van der Waals surface area contributed by atoms with Crippen molar-refractivity contribution in [3.05, 3.63) is 63.6 Å². The predicted octanol–water partition coefficient (Wildman–Crippen LogP) is 3.31. The second-order valence-corrected chi connectivity index (χ2v) is 6.23. The molecule has 1 fully saturated rings. The van der Waals surface area contributed by atoms with Gasteiger partial charge in [0.05, 0.1) is 5.69 Å². The lowest BCUT2D eigenvalue weighted by Gasteiger charge is -2.13. The number of ketones is 1. The molecule has 1 aromatic carbocycles. The van der Waals surface area contributed by atoms with Gasteiger partial charge in [0.25, 0.3) is 11.5 Å². The average Bonchev–Trinajstić information content (AvgIpc) is 3.09. The highest BCUT2D eigenvalue weighted by atomic mass is 16.2. The number of H-pyrrole nitrogens is 1. The number of aryl methyl sites for hydroxylation is 1. The molecule has 124 valence electrons. The average molecular weight is 324 g/mol. The molecule has 0 spiro atoms. The molecule has 0 saturated heterocycles. The maximum absolute atomic E-state index is 12.7. The lowest BCUT2D eigenvalue weighted by atomic mass is 9.95. The summed E-state index contributed by atoms with van der Waals surface area (Å²) in [5, 5.41) is 2.71. The summed E-state index contributed by atoms with van der Waals surface area (Å²) < 4.78 is 0. The smallest absolute Gasteiger partial charge is 0.261 e. The van der Waals surface area contributed by atoms with Crippen molar-refractivity contribution in [1.82, 2.24) is 4.98 Å². The fourth-order valence-corrected chi connectivity index (χ4v) is 3.16. The van der Waals surface area contributed by atoms with E-state index in [1.807, 2.05) is 0 Å². The van der Waals surface area contributed by atoms with E-state index in [4.69, 9.17) is 0 Å². The Morgan fingerprint density at radius 2 is 1.75 bits per heavy atom. The van der Waals surface area contributed by atoms with Crippen molar-refractivity contribution in [3.63, 3.8) is 0 Å². The number of carbonyl (C=O) groups excluding carboxylic acids is 2. The number of aromatic nitrogens is 1. The van der Waals surface area contributed by atoms with Gasteiger partial charge < -0.3 is 10.3 Å². The third kappa shape index (κ3) is 3.30. The third-order valence-corrected chi connectivity index (χ3v) is 4.47. The molecule has 1 aliphatic carbocycles. The molecule has 5 nitrogen and oxygen atoms in total. The van der Waals surface area contributed by atoms with Gasteiger partial charge in [-0.25, -0.2) is 0 Å². The quantitative estimate of drug-likeness (QED) is 0.847. The highest BCUT2D eigenvalue weighted by Crippen LogP contribution is 2.30. The van der Waals surface area contributed by atoms with Gasteiger partial charge in [0, 0.05) is 17.2 Å². The Morgan fingerprint density at radius 1 is 1.04 bits per heavy atom. The number of nitrogens with one attached hydrogen (secondary N) is 2. The van der Waals surface area contributed by atoms with Gasteiger partial charge >= 0.3 is 0 Å². The predicted molar refractivity (Wildman–Crippen MR) is 92.5 cm³/mol. The summed E-state index contributed by atoms with van der Waals surface area (Å²) in [5.41, 5.74) is 1.25. The van der Waals surface area contributed by atoms with E-state index in [-0.39, 0.29) is 17.3 Å². The van der Waals surface area contributed by atoms with Gasteiger partial charge in [-0.2, -0.15) is 0 Å². The van der Waals surface area contributed by atoms with E-state index in [9.17, 15) is 14.4 Å². The number of Topliss-reactive ketones (excluding diaryl/α,β-unsaturated/α-hetero) is 1. The van der Waals surface area contributed by atoms with Gasteiger partial charge in [0.1, 0.15) is 5.56 Å². The third-order valence-electron chi connectivity index (χ3n) is 4.47. The Bertz CT molecular complexity index is 833. The fraction of sp³-hybridized carbons (Fsp3) is 0.316. The van der Waals surface area contributed by atoms with Crippen LogP contribution in [0.25, 0.3) is 0 Å². The van der Waals surface area contributed by atoms with Crippen LogP contribution in [0.4, 0.5) is 5.69 Å². The topological polar surface area (TPSA) is 79.0 Å². The SMILES string of the molecule is Cc1ccc(C(=O)Nc2ccccc2C(=O)C2CCCC2)c(=O)[nH]1. The first-order valence-corrected chi connectivity index (χ1v) is 8.21. The number of pyridine rings is 1. The van der Waals surface area contributed by atoms with Gasteiger partial charge in [-0.3, -0.25) is 14.4 Å². The van der Waals surface area contributed by atoms with Crippen LogP contribution >= 0.6 is 0 Å². The standard InChI is InChI=1S/C19H20N2O3/c1-12-10-11-15(18(23)20-12)19(24)21-16-9-5-4-8-14(16)17(22)13-6-2-3-7-13/h4-5,8-11,13H,2-3,6-7H2,1H3,(H,20,23)(H,21,24). The molecule has 1 aliphatic rings. The Hall–Kier alpha value is -2.69. The number of aromatic amines is 1. The summed E-state index contributed by atoms with van der Waals surface area (Å²) in [5.74, 6) is -0.407. The molecule has 1 aromatic heterocycles. The Labute approximate surface area is 140 Å². The van der Waals surface area contributed by atoms with E-state index in [1.54, 1.807) is 37.3 Å². The highest BCUT2D eigenvalue weighted by Gasteiger charge is 2.26. The van der Waals surface area contributed by atoms with Gasteiger partial charge in [0.2, 0.25) is 0 Å². The zero-order valence-corrected chi connectivity index (χ0v) is 13.6. The molecule has 2 aromatic rings. The first-order chi connectivity index (χ1) is 11.6. The van der Waals surface area contributed by atoms with Crippen molar-refractivity contribution in [2.75, 3.05) is 5.32 Å². The number of anilines is 1. The van der Waals surface area contributed by atoms with Crippen LogP contribution in [-0.4, -0.2) is 16.7 Å². The van der Waals surface area contributed by atoms with Crippen LogP contribution < -0.4 is 10.9 Å². The molecule has 1 heterocycles. The highest BCUT2D eigenvalue weighted by molar-refractivity contribution is 6.09. The number of carbonyl (C=O) groups is 2. The first-order valence-electron chi connectivity index (χ1n) is 8.21. The summed E-state index contributed by atoms with van der Waals surface area (Å²) in [6, 6.07) is 10.1. The van der Waals surface area contributed by atoms with Crippen molar-refractivity contribution in [3.8, 4) is 0 Å². The molecule has 2 N–H and O–H groups in total. The Morgan fingerprint density at radius 3 is 2.46 bits per heavy atom. The molecule has 1 saturated carbocycles. The van der Waals surface area contributed by atoms with E-state index in [1.165, 1.54) is 6.07 Å². The molecule has 24 heavy (non-hydrogen) atoms. The van der Waals surface area contributed by atoms with Crippen LogP contribution in [0.1, 0.15) is 52.1 Å². The Kier molecular flexibility index (Phi) is 4.60. The van der Waals surface area contributed by atoms with Gasteiger partial charge in [-0.15, -0.1) is 0 Å². The maximum Gasteiger partial charge on any atom is 0.261 e. The summed E-state index contributed by atoms with van der Waals surface area (Å²) in [7, 11) is 0. The van der Waals surface area contributed by atoms with E-state index >= 15 is 0 Å². The van der Waals surface area contributed by atoms with E-state index in [0.717, 1.165) is 25.7 Å². The molecule has 1 amide bonds. The zero-order valence-electron chi connectivity index (χ0n) is 13.6. The molecule has 5 heteroatoms. The molecule has 3 rings (SSSR count). The monoisotopic (exact) mass is 324 g/mol. The van der Waals surface area contributed by atoms with Crippen LogP contribution in [0.5, 0.6) is 0 Å². The maximum atomic E-state index is 12.7. The second kappa shape index (κ2) is 6.83. The van der Waals surface area contributed by atoms with Gasteiger partial charge in [0.15, 0.2) is 5.78 Å². The van der Waals surface area contributed by atoms with Crippen molar-refractivity contribution < 1.29 is 9.59 Å². The lowest BCUT2D eigenvalue weighted by Crippen LogP contribution is -2.24. The summed E-state index contributed by atoms with van der Waals surface area (Å²) in [4.78, 5) is 39.6. The van der Waals surface area contributed by atoms with Crippen molar-refractivity contribution in [2.24, 2.45) is 5.92 Å². The molecule has 0 radical (unpaired) electrons. The molecular weight excluding hydrogens is 304 g/mol. The van der Waals surface area contributed by atoms with Gasteiger partial charge in [-0.05, 0) is 44.0 Å². The van der Waals surface area contributed by atoms with Crippen LogP contribution in [0.15, 0.2) is 41.2 Å². The molecular formula is C19H20N2O3. The Balaban J connectivity index is 1.86. The molecule has 0 unspecified atom stereocenters. The number of benzene rings is 1. The number of para-hydroxylation sites is 1. The van der Waals surface area contributed by atoms with E-state index in [2.05, 4.69) is 10.3 Å². The van der Waals surface area contributed by atoms with E-state index in [0.29, 0.717) is 16.9 Å². The molecule has 0 atom stereocenters. The minimum Gasteiger partial charge on any atom is -0.326 e. The molecule has 0 bridgehead atoms. The van der Waals surface area contributed by atoms with Gasteiger partial charge in [-0.1, -0.05) is 25.0 Å². The summed E-state index contributed by atoms with van der Waals surface area (Å²) >= 11 is 0. The summed E-state index contributed by atoms with van der Waals surface area (Å²) in [6.07, 6.45) is 3.95. The first kappa shape index (κ1) is 16.2. The minimum absolute atomic E-state index is 0.0312. The normalized spacial score (nSPS) is 14.5. The second-order valence-electron chi connectivity index (χ2n) is 6.23.